The molecule has 170 valence electrons. The lowest BCUT2D eigenvalue weighted by molar-refractivity contribution is -0.151. The summed E-state index contributed by atoms with van der Waals surface area (Å²) in [6.45, 7) is 3.57. The van der Waals surface area contributed by atoms with Gasteiger partial charge in [0.05, 0.1) is 25.8 Å². The van der Waals surface area contributed by atoms with Crippen LogP contribution in [0.5, 0.6) is 11.5 Å². The number of nitrogens with one attached hydrogen (secondary N) is 1. The van der Waals surface area contributed by atoms with Gasteiger partial charge in [-0.25, -0.2) is 0 Å². The standard InChI is InChI=1S/C23H25BrN2O6/c1-13-7-16(8-14(2)22(13)24)25-20(27)12-32-23(29)15-9-21(28)26(11-15)18-6-5-17(30-3)10-19(18)31-4/h5-8,10,15H,9,11-12H2,1-4H3,(H,25,27)/t15-/m0/s1. The van der Waals surface area contributed by atoms with Gasteiger partial charge in [0.15, 0.2) is 6.61 Å². The van der Waals surface area contributed by atoms with E-state index in [9.17, 15) is 14.4 Å². The number of ether oxygens (including phenoxy) is 3. The molecule has 0 bridgehead atoms. The SMILES string of the molecule is COc1ccc(N2C[C@@H](C(=O)OCC(=O)Nc3cc(C)c(Br)c(C)c3)CC2=O)c(OC)c1. The van der Waals surface area contributed by atoms with E-state index in [1.165, 1.54) is 19.1 Å². The first-order chi connectivity index (χ1) is 15.2. The summed E-state index contributed by atoms with van der Waals surface area (Å²) in [5.41, 5.74) is 3.14. The molecule has 0 spiro atoms. The molecular formula is C23H25BrN2O6. The van der Waals surface area contributed by atoms with Crippen LogP contribution in [0.25, 0.3) is 0 Å². The highest BCUT2D eigenvalue weighted by Crippen LogP contribution is 2.36. The molecule has 9 heteroatoms. The Labute approximate surface area is 194 Å². The van der Waals surface area contributed by atoms with E-state index in [2.05, 4.69) is 21.2 Å². The first-order valence-electron chi connectivity index (χ1n) is 9.99. The second-order valence-corrected chi connectivity index (χ2v) is 8.32. The van der Waals surface area contributed by atoms with Crippen molar-refractivity contribution in [2.24, 2.45) is 5.92 Å². The number of hydrogen-bond donors (Lipinski definition) is 1. The first kappa shape index (κ1) is 23.6. The lowest BCUT2D eigenvalue weighted by Crippen LogP contribution is -2.28. The molecule has 1 N–H and O–H groups in total. The fraction of sp³-hybridized carbons (Fsp3) is 0.348. The molecule has 32 heavy (non-hydrogen) atoms. The minimum Gasteiger partial charge on any atom is -0.497 e. The monoisotopic (exact) mass is 504 g/mol. The number of carbonyl (C=O) groups is 3. The highest BCUT2D eigenvalue weighted by molar-refractivity contribution is 9.10. The molecule has 0 saturated carbocycles. The molecule has 0 radical (unpaired) electrons. The topological polar surface area (TPSA) is 94.2 Å². The van der Waals surface area contributed by atoms with Gasteiger partial charge in [-0.1, -0.05) is 15.9 Å². The number of hydrogen-bond acceptors (Lipinski definition) is 6. The van der Waals surface area contributed by atoms with Crippen LogP contribution in [0.2, 0.25) is 0 Å². The molecule has 1 saturated heterocycles. The van der Waals surface area contributed by atoms with Crippen LogP contribution in [0.4, 0.5) is 11.4 Å². The zero-order valence-electron chi connectivity index (χ0n) is 18.4. The zero-order chi connectivity index (χ0) is 23.4. The molecule has 0 aromatic heterocycles. The van der Waals surface area contributed by atoms with Crippen molar-refractivity contribution >= 4 is 45.1 Å². The van der Waals surface area contributed by atoms with Crippen molar-refractivity contribution in [2.45, 2.75) is 20.3 Å². The van der Waals surface area contributed by atoms with E-state index < -0.39 is 24.4 Å². The van der Waals surface area contributed by atoms with Gasteiger partial charge in [-0.15, -0.1) is 0 Å². The van der Waals surface area contributed by atoms with E-state index in [4.69, 9.17) is 14.2 Å². The molecular weight excluding hydrogens is 480 g/mol. The van der Waals surface area contributed by atoms with E-state index >= 15 is 0 Å². The van der Waals surface area contributed by atoms with Crippen molar-refractivity contribution < 1.29 is 28.6 Å². The summed E-state index contributed by atoms with van der Waals surface area (Å²) in [6, 6.07) is 8.74. The van der Waals surface area contributed by atoms with Crippen molar-refractivity contribution in [3.05, 3.63) is 45.9 Å². The lowest BCUT2D eigenvalue weighted by atomic mass is 10.1. The molecule has 1 heterocycles. The van der Waals surface area contributed by atoms with Crippen LogP contribution < -0.4 is 19.7 Å². The maximum Gasteiger partial charge on any atom is 0.311 e. The number of carbonyl (C=O) groups excluding carboxylic acids is 3. The zero-order valence-corrected chi connectivity index (χ0v) is 19.9. The van der Waals surface area contributed by atoms with Crippen LogP contribution in [0, 0.1) is 19.8 Å². The van der Waals surface area contributed by atoms with Gasteiger partial charge in [0.25, 0.3) is 5.91 Å². The predicted molar refractivity (Wildman–Crippen MR) is 123 cm³/mol. The molecule has 8 nitrogen and oxygen atoms in total. The van der Waals surface area contributed by atoms with Crippen molar-refractivity contribution in [3.8, 4) is 11.5 Å². The van der Waals surface area contributed by atoms with Gasteiger partial charge in [-0.3, -0.25) is 14.4 Å². The average Bonchev–Trinajstić information content (AvgIpc) is 3.16. The van der Waals surface area contributed by atoms with Crippen molar-refractivity contribution in [1.82, 2.24) is 0 Å². The highest BCUT2D eigenvalue weighted by Gasteiger charge is 2.37. The number of rotatable bonds is 7. The number of nitrogens with zero attached hydrogens (tertiary/aromatic N) is 1. The minimum absolute atomic E-state index is 0.000732. The number of halogens is 1. The molecule has 3 rings (SSSR count). The summed E-state index contributed by atoms with van der Waals surface area (Å²) in [6.07, 6.45) is 0.000732. The minimum atomic E-state index is -0.667. The van der Waals surface area contributed by atoms with Gasteiger partial charge in [0, 0.05) is 29.2 Å². The summed E-state index contributed by atoms with van der Waals surface area (Å²) in [4.78, 5) is 38.7. The summed E-state index contributed by atoms with van der Waals surface area (Å²) >= 11 is 3.48. The van der Waals surface area contributed by atoms with E-state index in [1.54, 1.807) is 18.2 Å². The lowest BCUT2D eigenvalue weighted by Gasteiger charge is -2.20. The molecule has 1 aliphatic rings. The van der Waals surface area contributed by atoms with Crippen LogP contribution in [0.1, 0.15) is 17.5 Å². The summed E-state index contributed by atoms with van der Waals surface area (Å²) in [5.74, 6) is -0.870. The Kier molecular flexibility index (Phi) is 7.40. The van der Waals surface area contributed by atoms with Gasteiger partial charge in [0.2, 0.25) is 5.91 Å². The molecule has 2 aromatic rings. The third-order valence-electron chi connectivity index (χ3n) is 5.20. The highest BCUT2D eigenvalue weighted by atomic mass is 79.9. The van der Waals surface area contributed by atoms with Gasteiger partial charge >= 0.3 is 5.97 Å². The largest absolute Gasteiger partial charge is 0.497 e. The molecule has 1 aliphatic heterocycles. The van der Waals surface area contributed by atoms with E-state index in [0.29, 0.717) is 22.9 Å². The van der Waals surface area contributed by atoms with Gasteiger partial charge in [-0.2, -0.15) is 0 Å². The second kappa shape index (κ2) is 10.0. The third kappa shape index (κ3) is 5.21. The van der Waals surface area contributed by atoms with Gasteiger partial charge in [-0.05, 0) is 49.2 Å². The van der Waals surface area contributed by atoms with Crippen molar-refractivity contribution in [1.29, 1.82) is 0 Å². The number of amides is 2. The Bertz CT molecular complexity index is 1030. The molecule has 0 aliphatic carbocycles. The molecule has 1 atom stereocenters. The maximum atomic E-state index is 12.5. The maximum absolute atomic E-state index is 12.5. The summed E-state index contributed by atoms with van der Waals surface area (Å²) in [5, 5.41) is 2.72. The molecule has 2 amide bonds. The fourth-order valence-electron chi connectivity index (χ4n) is 3.58. The van der Waals surface area contributed by atoms with Crippen molar-refractivity contribution in [2.75, 3.05) is 37.6 Å². The van der Waals surface area contributed by atoms with E-state index in [1.807, 2.05) is 26.0 Å². The Morgan fingerprint density at radius 3 is 2.44 bits per heavy atom. The van der Waals surface area contributed by atoms with Crippen LogP contribution in [0.15, 0.2) is 34.8 Å². The molecule has 1 fully saturated rings. The van der Waals surface area contributed by atoms with Crippen LogP contribution in [0.3, 0.4) is 0 Å². The molecule has 0 unspecified atom stereocenters. The Hall–Kier alpha value is -3.07. The number of methoxy groups -OCH3 is 2. The quantitative estimate of drug-likeness (QED) is 0.578. The molecule has 2 aromatic carbocycles. The normalized spacial score (nSPS) is 15.5. The number of esters is 1. The average molecular weight is 505 g/mol. The van der Waals surface area contributed by atoms with Crippen LogP contribution in [-0.2, 0) is 19.1 Å². The van der Waals surface area contributed by atoms with E-state index in [0.717, 1.165) is 15.6 Å². The van der Waals surface area contributed by atoms with E-state index in [-0.39, 0.29) is 18.9 Å². The van der Waals surface area contributed by atoms with Crippen molar-refractivity contribution in [3.63, 3.8) is 0 Å². The first-order valence-corrected chi connectivity index (χ1v) is 10.8. The van der Waals surface area contributed by atoms with Gasteiger partial charge < -0.3 is 24.4 Å². The van der Waals surface area contributed by atoms with Crippen LogP contribution >= 0.6 is 15.9 Å². The number of aryl methyl sites for hydroxylation is 2. The van der Waals surface area contributed by atoms with Crippen LogP contribution in [-0.4, -0.2) is 45.2 Å². The van der Waals surface area contributed by atoms with Gasteiger partial charge in [0.1, 0.15) is 11.5 Å². The summed E-state index contributed by atoms with van der Waals surface area (Å²) in [7, 11) is 3.04. The Morgan fingerprint density at radius 2 is 1.81 bits per heavy atom. The fourth-order valence-corrected chi connectivity index (χ4v) is 3.80. The second-order valence-electron chi connectivity index (χ2n) is 7.52. The third-order valence-corrected chi connectivity index (χ3v) is 6.45. The predicted octanol–water partition coefficient (Wildman–Crippen LogP) is 3.62. The number of benzene rings is 2. The summed E-state index contributed by atoms with van der Waals surface area (Å²) < 4.78 is 16.7. The smallest absolute Gasteiger partial charge is 0.311 e. The Balaban J connectivity index is 1.59. The Morgan fingerprint density at radius 1 is 1.12 bits per heavy atom. The number of anilines is 2.